The Balaban J connectivity index is 2.17. The normalized spacial score (nSPS) is 17.0. The number of nitrogens with zero attached hydrogens (tertiary/aromatic N) is 1. The average molecular weight is 293 g/mol. The zero-order chi connectivity index (χ0) is 15.5. The summed E-state index contributed by atoms with van der Waals surface area (Å²) in [5.74, 6) is -0.231. The summed E-state index contributed by atoms with van der Waals surface area (Å²) in [4.78, 5) is 22.7. The predicted molar refractivity (Wildman–Crippen MR) is 78.6 cm³/mol. The summed E-state index contributed by atoms with van der Waals surface area (Å²) >= 11 is 0. The van der Waals surface area contributed by atoms with Gasteiger partial charge in [0.25, 0.3) is 11.6 Å². The number of anilines is 1. The van der Waals surface area contributed by atoms with E-state index in [2.05, 4.69) is 10.6 Å². The topological polar surface area (TPSA) is 93.5 Å². The molecule has 0 aromatic heterocycles. The SMILES string of the molecule is CNc1cc(C(=O)NC2(C)CCOCC2)ccc1[N+](=O)[O-]. The minimum atomic E-state index is -0.479. The van der Waals surface area contributed by atoms with E-state index in [1.54, 1.807) is 7.05 Å². The Labute approximate surface area is 122 Å². The minimum Gasteiger partial charge on any atom is -0.383 e. The molecule has 1 aliphatic rings. The summed E-state index contributed by atoms with van der Waals surface area (Å²) in [5, 5.41) is 16.6. The van der Waals surface area contributed by atoms with Crippen LogP contribution in [0, 0.1) is 10.1 Å². The number of nitro benzene ring substituents is 1. The Morgan fingerprint density at radius 2 is 2.05 bits per heavy atom. The summed E-state index contributed by atoms with van der Waals surface area (Å²) in [5.41, 5.74) is 0.380. The second-order valence-corrected chi connectivity index (χ2v) is 5.37. The number of hydrogen-bond donors (Lipinski definition) is 2. The molecule has 114 valence electrons. The first-order valence-corrected chi connectivity index (χ1v) is 6.82. The Hall–Kier alpha value is -2.15. The van der Waals surface area contributed by atoms with Gasteiger partial charge in [-0.3, -0.25) is 14.9 Å². The second kappa shape index (κ2) is 6.09. The number of amides is 1. The van der Waals surface area contributed by atoms with Gasteiger partial charge in [-0.15, -0.1) is 0 Å². The molecule has 0 radical (unpaired) electrons. The fourth-order valence-corrected chi connectivity index (χ4v) is 2.33. The zero-order valence-corrected chi connectivity index (χ0v) is 12.1. The lowest BCUT2D eigenvalue weighted by atomic mass is 9.92. The molecule has 0 spiro atoms. The highest BCUT2D eigenvalue weighted by Gasteiger charge is 2.29. The fourth-order valence-electron chi connectivity index (χ4n) is 2.33. The predicted octanol–water partition coefficient (Wildman–Crippen LogP) is 1.94. The van der Waals surface area contributed by atoms with E-state index in [0.717, 1.165) is 12.8 Å². The van der Waals surface area contributed by atoms with E-state index in [4.69, 9.17) is 4.74 Å². The van der Waals surface area contributed by atoms with Crippen LogP contribution in [0.2, 0.25) is 0 Å². The van der Waals surface area contributed by atoms with E-state index in [1.165, 1.54) is 18.2 Å². The molecule has 0 bridgehead atoms. The van der Waals surface area contributed by atoms with Gasteiger partial charge in [0.1, 0.15) is 5.69 Å². The molecule has 2 N–H and O–H groups in total. The van der Waals surface area contributed by atoms with Crippen molar-refractivity contribution in [2.75, 3.05) is 25.6 Å². The van der Waals surface area contributed by atoms with Crippen molar-refractivity contribution in [3.8, 4) is 0 Å². The Morgan fingerprint density at radius 3 is 2.62 bits per heavy atom. The van der Waals surface area contributed by atoms with Crippen LogP contribution in [0.25, 0.3) is 0 Å². The number of ether oxygens (including phenoxy) is 1. The molecule has 1 saturated heterocycles. The lowest BCUT2D eigenvalue weighted by Crippen LogP contribution is -2.49. The van der Waals surface area contributed by atoms with Crippen molar-refractivity contribution in [2.45, 2.75) is 25.3 Å². The van der Waals surface area contributed by atoms with E-state index in [-0.39, 0.29) is 17.1 Å². The zero-order valence-electron chi connectivity index (χ0n) is 12.1. The van der Waals surface area contributed by atoms with Crippen LogP contribution in [0.3, 0.4) is 0 Å². The molecular formula is C14H19N3O4. The first-order chi connectivity index (χ1) is 9.95. The number of benzene rings is 1. The van der Waals surface area contributed by atoms with Gasteiger partial charge < -0.3 is 15.4 Å². The van der Waals surface area contributed by atoms with Gasteiger partial charge in [-0.05, 0) is 31.9 Å². The van der Waals surface area contributed by atoms with Gasteiger partial charge in [0, 0.05) is 37.4 Å². The van der Waals surface area contributed by atoms with Crippen LogP contribution < -0.4 is 10.6 Å². The molecule has 1 amide bonds. The summed E-state index contributed by atoms with van der Waals surface area (Å²) in [6, 6.07) is 4.31. The number of carbonyl (C=O) groups is 1. The van der Waals surface area contributed by atoms with Crippen molar-refractivity contribution in [3.05, 3.63) is 33.9 Å². The van der Waals surface area contributed by atoms with Crippen LogP contribution in [0.4, 0.5) is 11.4 Å². The lowest BCUT2D eigenvalue weighted by molar-refractivity contribution is -0.383. The molecule has 21 heavy (non-hydrogen) atoms. The largest absolute Gasteiger partial charge is 0.383 e. The van der Waals surface area contributed by atoms with Gasteiger partial charge in [0.05, 0.1) is 4.92 Å². The highest BCUT2D eigenvalue weighted by Crippen LogP contribution is 2.26. The van der Waals surface area contributed by atoms with Crippen molar-refractivity contribution in [2.24, 2.45) is 0 Å². The maximum atomic E-state index is 12.3. The third-order valence-corrected chi connectivity index (χ3v) is 3.74. The van der Waals surface area contributed by atoms with Crippen molar-refractivity contribution >= 4 is 17.3 Å². The number of nitro groups is 1. The number of nitrogens with one attached hydrogen (secondary N) is 2. The molecule has 7 nitrogen and oxygen atoms in total. The Morgan fingerprint density at radius 1 is 1.38 bits per heavy atom. The van der Waals surface area contributed by atoms with Gasteiger partial charge in [-0.2, -0.15) is 0 Å². The van der Waals surface area contributed by atoms with E-state index >= 15 is 0 Å². The third kappa shape index (κ3) is 3.49. The van der Waals surface area contributed by atoms with E-state index in [1.807, 2.05) is 6.92 Å². The molecule has 1 heterocycles. The molecule has 1 fully saturated rings. The van der Waals surface area contributed by atoms with Crippen molar-refractivity contribution < 1.29 is 14.5 Å². The maximum Gasteiger partial charge on any atom is 0.292 e. The van der Waals surface area contributed by atoms with Crippen LogP contribution >= 0.6 is 0 Å². The van der Waals surface area contributed by atoms with Crippen LogP contribution in [-0.4, -0.2) is 36.6 Å². The molecule has 1 aliphatic heterocycles. The van der Waals surface area contributed by atoms with Crippen molar-refractivity contribution in [3.63, 3.8) is 0 Å². The quantitative estimate of drug-likeness (QED) is 0.653. The summed E-state index contributed by atoms with van der Waals surface area (Å²) < 4.78 is 5.29. The fraction of sp³-hybridized carbons (Fsp3) is 0.500. The number of rotatable bonds is 4. The van der Waals surface area contributed by atoms with Crippen LogP contribution in [0.15, 0.2) is 18.2 Å². The molecule has 0 unspecified atom stereocenters. The van der Waals surface area contributed by atoms with Gasteiger partial charge in [0.2, 0.25) is 0 Å². The summed E-state index contributed by atoms with van der Waals surface area (Å²) in [6.45, 7) is 3.23. The van der Waals surface area contributed by atoms with Gasteiger partial charge in [-0.25, -0.2) is 0 Å². The number of hydrogen-bond acceptors (Lipinski definition) is 5. The van der Waals surface area contributed by atoms with Crippen molar-refractivity contribution in [1.29, 1.82) is 0 Å². The summed E-state index contributed by atoms with van der Waals surface area (Å²) in [6.07, 6.45) is 1.51. The molecular weight excluding hydrogens is 274 g/mol. The molecule has 1 aromatic rings. The van der Waals surface area contributed by atoms with Gasteiger partial charge in [0.15, 0.2) is 0 Å². The molecule has 0 aliphatic carbocycles. The molecule has 1 aromatic carbocycles. The highest BCUT2D eigenvalue weighted by molar-refractivity contribution is 5.96. The van der Waals surface area contributed by atoms with E-state index < -0.39 is 4.92 Å². The monoisotopic (exact) mass is 293 g/mol. The minimum absolute atomic E-state index is 0.0497. The Kier molecular flexibility index (Phi) is 4.42. The Bertz CT molecular complexity index is 553. The molecule has 0 saturated carbocycles. The second-order valence-electron chi connectivity index (χ2n) is 5.37. The lowest BCUT2D eigenvalue weighted by Gasteiger charge is -2.34. The first-order valence-electron chi connectivity index (χ1n) is 6.82. The molecule has 2 rings (SSSR count). The highest BCUT2D eigenvalue weighted by atomic mass is 16.6. The molecule has 0 atom stereocenters. The average Bonchev–Trinajstić information content (AvgIpc) is 2.46. The summed E-state index contributed by atoms with van der Waals surface area (Å²) in [7, 11) is 1.59. The number of carbonyl (C=O) groups excluding carboxylic acids is 1. The van der Waals surface area contributed by atoms with Gasteiger partial charge >= 0.3 is 0 Å². The van der Waals surface area contributed by atoms with Crippen molar-refractivity contribution in [1.82, 2.24) is 5.32 Å². The van der Waals surface area contributed by atoms with E-state index in [9.17, 15) is 14.9 Å². The van der Waals surface area contributed by atoms with E-state index in [0.29, 0.717) is 24.5 Å². The van der Waals surface area contributed by atoms with Gasteiger partial charge in [-0.1, -0.05) is 0 Å². The smallest absolute Gasteiger partial charge is 0.292 e. The first kappa shape index (κ1) is 15.2. The van der Waals surface area contributed by atoms with Crippen LogP contribution in [0.5, 0.6) is 0 Å². The van der Waals surface area contributed by atoms with Crippen LogP contribution in [-0.2, 0) is 4.74 Å². The molecule has 7 heteroatoms. The standard InChI is InChI=1S/C14H19N3O4/c1-14(5-7-21-8-6-14)16-13(18)10-3-4-12(17(19)20)11(9-10)15-2/h3-4,9,15H,5-8H2,1-2H3,(H,16,18). The maximum absolute atomic E-state index is 12.3. The third-order valence-electron chi connectivity index (χ3n) is 3.74. The van der Waals surface area contributed by atoms with Crippen LogP contribution in [0.1, 0.15) is 30.1 Å².